The topological polar surface area (TPSA) is 66.2 Å². The largest absolute Gasteiger partial charge is 0.370 e. The van der Waals surface area contributed by atoms with E-state index in [4.69, 9.17) is 5.73 Å². The first-order valence-corrected chi connectivity index (χ1v) is 7.83. The molecule has 0 aliphatic heterocycles. The Bertz CT molecular complexity index is 643. The highest BCUT2D eigenvalue weighted by Gasteiger charge is 2.16. The molecule has 5 heteroatoms. The van der Waals surface area contributed by atoms with E-state index in [1.165, 1.54) is 41.3 Å². The minimum atomic E-state index is 0. The van der Waals surface area contributed by atoms with Crippen LogP contribution in [-0.2, 0) is 6.42 Å². The highest BCUT2D eigenvalue weighted by Crippen LogP contribution is 2.26. The lowest BCUT2D eigenvalue weighted by Gasteiger charge is -2.23. The fraction of sp³-hybridized carbons (Fsp3) is 0.471. The lowest BCUT2D eigenvalue weighted by Crippen LogP contribution is -2.34. The summed E-state index contributed by atoms with van der Waals surface area (Å²) < 4.78 is 0. The first-order chi connectivity index (χ1) is 10.2. The van der Waals surface area contributed by atoms with Gasteiger partial charge in [0.2, 0.25) is 0 Å². The summed E-state index contributed by atoms with van der Waals surface area (Å²) in [5.41, 5.74) is 9.71. The summed E-state index contributed by atoms with van der Waals surface area (Å²) in [5, 5.41) is 4.51. The van der Waals surface area contributed by atoms with Crippen molar-refractivity contribution in [2.75, 3.05) is 13.1 Å². The molecule has 4 N–H and O–H groups in total. The second kappa shape index (κ2) is 7.85. The number of aromatic amines is 1. The molecule has 1 aromatic carbocycles. The Hall–Kier alpha value is -1.24. The van der Waals surface area contributed by atoms with Crippen molar-refractivity contribution in [3.63, 3.8) is 0 Å². The summed E-state index contributed by atoms with van der Waals surface area (Å²) in [5.74, 6) is 1.35. The van der Waals surface area contributed by atoms with E-state index in [1.54, 1.807) is 0 Å². The molecule has 0 amide bonds. The van der Waals surface area contributed by atoms with Crippen LogP contribution in [0.15, 0.2) is 29.4 Å². The van der Waals surface area contributed by atoms with E-state index >= 15 is 0 Å². The van der Waals surface area contributed by atoms with E-state index in [-0.39, 0.29) is 24.0 Å². The van der Waals surface area contributed by atoms with Crippen LogP contribution in [-0.4, -0.2) is 24.0 Å². The van der Waals surface area contributed by atoms with E-state index in [9.17, 15) is 0 Å². The molecule has 1 heterocycles. The van der Waals surface area contributed by atoms with E-state index in [0.717, 1.165) is 25.4 Å². The van der Waals surface area contributed by atoms with Gasteiger partial charge in [-0.15, -0.1) is 24.0 Å². The van der Waals surface area contributed by atoms with Gasteiger partial charge in [-0.1, -0.05) is 18.6 Å². The van der Waals surface area contributed by atoms with Crippen LogP contribution in [0.2, 0.25) is 0 Å². The number of nitrogens with one attached hydrogen (secondary N) is 2. The third-order valence-corrected chi connectivity index (χ3v) is 4.37. The molecule has 1 fully saturated rings. The number of hydrogen-bond donors (Lipinski definition) is 3. The Morgan fingerprint density at radius 1 is 1.41 bits per heavy atom. The van der Waals surface area contributed by atoms with Gasteiger partial charge in [0.1, 0.15) is 0 Å². The average molecular weight is 412 g/mol. The Kier molecular flexibility index (Phi) is 6.11. The number of benzene rings is 1. The number of aromatic nitrogens is 1. The van der Waals surface area contributed by atoms with Gasteiger partial charge in [-0.05, 0) is 49.3 Å². The van der Waals surface area contributed by atoms with Gasteiger partial charge in [0.05, 0.1) is 0 Å². The molecular weight excluding hydrogens is 387 g/mol. The van der Waals surface area contributed by atoms with Crippen molar-refractivity contribution in [1.29, 1.82) is 0 Å². The second-order valence-corrected chi connectivity index (χ2v) is 6.06. The quantitative estimate of drug-likeness (QED) is 0.401. The Morgan fingerprint density at radius 3 is 2.95 bits per heavy atom. The molecule has 1 saturated carbocycles. The van der Waals surface area contributed by atoms with Crippen molar-refractivity contribution in [2.45, 2.75) is 32.6 Å². The summed E-state index contributed by atoms with van der Waals surface area (Å²) in [4.78, 5) is 7.75. The molecule has 0 spiro atoms. The van der Waals surface area contributed by atoms with Gasteiger partial charge in [-0.25, -0.2) is 0 Å². The van der Waals surface area contributed by atoms with Crippen LogP contribution in [0.4, 0.5) is 0 Å². The zero-order chi connectivity index (χ0) is 14.7. The van der Waals surface area contributed by atoms with Crippen molar-refractivity contribution < 1.29 is 0 Å². The summed E-state index contributed by atoms with van der Waals surface area (Å²) in [7, 11) is 0. The first kappa shape index (κ1) is 17.1. The molecule has 0 bridgehead atoms. The number of halogens is 1. The molecule has 120 valence electrons. The molecule has 0 atom stereocenters. The zero-order valence-corrected chi connectivity index (χ0v) is 15.4. The predicted octanol–water partition coefficient (Wildman–Crippen LogP) is 3.34. The molecule has 0 radical (unpaired) electrons. The molecule has 4 nitrogen and oxygen atoms in total. The molecular formula is C17H25IN4. The van der Waals surface area contributed by atoms with Gasteiger partial charge in [-0.2, -0.15) is 0 Å². The minimum Gasteiger partial charge on any atom is -0.370 e. The van der Waals surface area contributed by atoms with Gasteiger partial charge in [0.15, 0.2) is 5.96 Å². The summed E-state index contributed by atoms with van der Waals surface area (Å²) in [6.45, 7) is 3.81. The van der Waals surface area contributed by atoms with Crippen LogP contribution >= 0.6 is 24.0 Å². The first-order valence-electron chi connectivity index (χ1n) is 7.83. The van der Waals surface area contributed by atoms with Crippen LogP contribution in [0, 0.1) is 12.8 Å². The van der Waals surface area contributed by atoms with E-state index < -0.39 is 0 Å². The van der Waals surface area contributed by atoms with Crippen LogP contribution < -0.4 is 11.1 Å². The highest BCUT2D eigenvalue weighted by molar-refractivity contribution is 14.0. The minimum absolute atomic E-state index is 0. The number of H-pyrrole nitrogens is 1. The van der Waals surface area contributed by atoms with Gasteiger partial charge >= 0.3 is 0 Å². The van der Waals surface area contributed by atoms with E-state index in [2.05, 4.69) is 46.6 Å². The molecule has 0 saturated heterocycles. The summed E-state index contributed by atoms with van der Waals surface area (Å²) >= 11 is 0. The molecule has 22 heavy (non-hydrogen) atoms. The third kappa shape index (κ3) is 4.15. The third-order valence-electron chi connectivity index (χ3n) is 4.37. The number of hydrogen-bond acceptors (Lipinski definition) is 1. The van der Waals surface area contributed by atoms with Gasteiger partial charge in [0.25, 0.3) is 0 Å². The van der Waals surface area contributed by atoms with Crippen LogP contribution in [0.1, 0.15) is 30.4 Å². The van der Waals surface area contributed by atoms with E-state index in [0.29, 0.717) is 5.96 Å². The number of aryl methyl sites for hydroxylation is 1. The van der Waals surface area contributed by atoms with Gasteiger partial charge in [-0.3, -0.25) is 4.99 Å². The van der Waals surface area contributed by atoms with Gasteiger partial charge in [0, 0.05) is 30.2 Å². The number of nitrogens with zero attached hydrogens (tertiary/aromatic N) is 1. The van der Waals surface area contributed by atoms with Crippen molar-refractivity contribution in [3.05, 3.63) is 35.5 Å². The normalized spacial score (nSPS) is 15.4. The smallest absolute Gasteiger partial charge is 0.188 e. The maximum atomic E-state index is 5.90. The summed E-state index contributed by atoms with van der Waals surface area (Å²) in [6.07, 6.45) is 7.01. The highest BCUT2D eigenvalue weighted by atomic mass is 127. The molecule has 1 aromatic heterocycles. The molecule has 3 rings (SSSR count). The van der Waals surface area contributed by atoms with Crippen molar-refractivity contribution >= 4 is 40.8 Å². The number of guanidine groups is 1. The van der Waals surface area contributed by atoms with Crippen molar-refractivity contribution in [3.8, 4) is 0 Å². The van der Waals surface area contributed by atoms with Crippen molar-refractivity contribution in [1.82, 2.24) is 10.3 Å². The van der Waals surface area contributed by atoms with Crippen LogP contribution in [0.25, 0.3) is 10.9 Å². The Labute approximate surface area is 149 Å². The second-order valence-electron chi connectivity index (χ2n) is 6.06. The van der Waals surface area contributed by atoms with E-state index in [1.807, 2.05) is 0 Å². The molecule has 0 unspecified atom stereocenters. The lowest BCUT2D eigenvalue weighted by atomic mass is 9.86. The number of nitrogens with two attached hydrogens (primary N) is 1. The summed E-state index contributed by atoms with van der Waals surface area (Å²) in [6, 6.07) is 6.52. The standard InChI is InChI=1S/C17H24N4.HI/c1-12-5-6-15-14(11-20-16(15)9-12)7-8-19-17(18)21-10-13-3-2-4-13;/h5-6,9,11,13,20H,2-4,7-8,10H2,1H3,(H3,18,19,21);1H. The van der Waals surface area contributed by atoms with Crippen molar-refractivity contribution in [2.24, 2.45) is 16.6 Å². The molecule has 1 aliphatic carbocycles. The number of rotatable bonds is 5. The molecule has 2 aromatic rings. The Morgan fingerprint density at radius 2 is 2.23 bits per heavy atom. The maximum Gasteiger partial charge on any atom is 0.188 e. The van der Waals surface area contributed by atoms with Crippen LogP contribution in [0.5, 0.6) is 0 Å². The zero-order valence-electron chi connectivity index (χ0n) is 13.1. The van der Waals surface area contributed by atoms with Gasteiger partial charge < -0.3 is 16.0 Å². The maximum absolute atomic E-state index is 5.90. The fourth-order valence-corrected chi connectivity index (χ4v) is 2.79. The number of aliphatic imine (C=N–C) groups is 1. The predicted molar refractivity (Wildman–Crippen MR) is 104 cm³/mol. The fourth-order valence-electron chi connectivity index (χ4n) is 2.79. The monoisotopic (exact) mass is 412 g/mol. The SMILES string of the molecule is Cc1ccc2c(CCNC(N)=NCC3CCC3)c[nH]c2c1.I. The molecule has 1 aliphatic rings. The Balaban J connectivity index is 0.00000176. The lowest BCUT2D eigenvalue weighted by molar-refractivity contribution is 0.326. The number of fused-ring (bicyclic) bond motifs is 1. The average Bonchev–Trinajstić information content (AvgIpc) is 2.79. The van der Waals surface area contributed by atoms with Crippen LogP contribution in [0.3, 0.4) is 0 Å².